The van der Waals surface area contributed by atoms with Crippen molar-refractivity contribution in [1.82, 2.24) is 10.6 Å². The van der Waals surface area contributed by atoms with Crippen LogP contribution in [-0.2, 0) is 13.0 Å². The highest BCUT2D eigenvalue weighted by atomic mass is 14.9. The Hall–Kier alpha value is -1.06. The van der Waals surface area contributed by atoms with Crippen molar-refractivity contribution in [1.29, 1.82) is 0 Å². The lowest BCUT2D eigenvalue weighted by molar-refractivity contribution is 0.457. The van der Waals surface area contributed by atoms with Crippen molar-refractivity contribution in [2.75, 3.05) is 25.4 Å². The lowest BCUT2D eigenvalue weighted by Crippen LogP contribution is -2.31. The van der Waals surface area contributed by atoms with Gasteiger partial charge >= 0.3 is 0 Å². The SMILES string of the molecule is Nc1ccc(C2CCCNC2)c2c1CNCC2. The van der Waals surface area contributed by atoms with Crippen molar-refractivity contribution in [2.24, 2.45) is 0 Å². The van der Waals surface area contributed by atoms with Gasteiger partial charge in [0.1, 0.15) is 0 Å². The van der Waals surface area contributed by atoms with Gasteiger partial charge < -0.3 is 16.4 Å². The minimum Gasteiger partial charge on any atom is -0.398 e. The zero-order valence-corrected chi connectivity index (χ0v) is 10.3. The third-order valence-electron chi connectivity index (χ3n) is 4.09. The van der Waals surface area contributed by atoms with Gasteiger partial charge in [0.15, 0.2) is 0 Å². The second kappa shape index (κ2) is 4.67. The van der Waals surface area contributed by atoms with E-state index in [1.165, 1.54) is 30.5 Å². The first-order valence-electron chi connectivity index (χ1n) is 6.68. The molecule has 3 nitrogen and oxygen atoms in total. The van der Waals surface area contributed by atoms with E-state index in [0.29, 0.717) is 5.92 Å². The van der Waals surface area contributed by atoms with Crippen LogP contribution in [0.3, 0.4) is 0 Å². The number of nitrogens with two attached hydrogens (primary N) is 1. The molecule has 1 saturated heterocycles. The molecule has 0 bridgehead atoms. The summed E-state index contributed by atoms with van der Waals surface area (Å²) in [4.78, 5) is 0. The quantitative estimate of drug-likeness (QED) is 0.640. The summed E-state index contributed by atoms with van der Waals surface area (Å²) in [6.07, 6.45) is 3.74. The Morgan fingerprint density at radius 1 is 1.12 bits per heavy atom. The zero-order chi connectivity index (χ0) is 11.7. The van der Waals surface area contributed by atoms with Gasteiger partial charge in [-0.15, -0.1) is 0 Å². The highest BCUT2D eigenvalue weighted by molar-refractivity contribution is 5.55. The molecule has 1 aromatic rings. The molecule has 0 aliphatic carbocycles. The zero-order valence-electron chi connectivity index (χ0n) is 10.3. The molecule has 2 heterocycles. The Kier molecular flexibility index (Phi) is 3.04. The van der Waals surface area contributed by atoms with Crippen molar-refractivity contribution in [2.45, 2.75) is 31.7 Å². The van der Waals surface area contributed by atoms with Crippen LogP contribution in [0.15, 0.2) is 12.1 Å². The van der Waals surface area contributed by atoms with Gasteiger partial charge in [-0.3, -0.25) is 0 Å². The summed E-state index contributed by atoms with van der Waals surface area (Å²) in [5.41, 5.74) is 11.5. The van der Waals surface area contributed by atoms with Gasteiger partial charge in [0.2, 0.25) is 0 Å². The van der Waals surface area contributed by atoms with Crippen LogP contribution < -0.4 is 16.4 Å². The van der Waals surface area contributed by atoms with Crippen molar-refractivity contribution in [3.8, 4) is 0 Å². The van der Waals surface area contributed by atoms with Gasteiger partial charge in [0.25, 0.3) is 0 Å². The fourth-order valence-corrected chi connectivity index (χ4v) is 3.16. The first kappa shape index (κ1) is 11.1. The Morgan fingerprint density at radius 3 is 2.88 bits per heavy atom. The summed E-state index contributed by atoms with van der Waals surface area (Å²) >= 11 is 0. The van der Waals surface area contributed by atoms with Gasteiger partial charge in [-0.05, 0) is 61.0 Å². The van der Waals surface area contributed by atoms with Crippen molar-refractivity contribution in [3.63, 3.8) is 0 Å². The summed E-state index contributed by atoms with van der Waals surface area (Å²) in [7, 11) is 0. The predicted octanol–water partition coefficient (Wildman–Crippen LogP) is 1.38. The number of piperidine rings is 1. The molecule has 1 fully saturated rings. The molecular weight excluding hydrogens is 210 g/mol. The normalized spacial score (nSPS) is 24.4. The van der Waals surface area contributed by atoms with Gasteiger partial charge in [-0.1, -0.05) is 6.07 Å². The van der Waals surface area contributed by atoms with Crippen LogP contribution in [0.25, 0.3) is 0 Å². The molecule has 1 atom stereocenters. The molecule has 1 unspecified atom stereocenters. The highest BCUT2D eigenvalue weighted by Crippen LogP contribution is 2.32. The monoisotopic (exact) mass is 231 g/mol. The average Bonchev–Trinajstić information content (AvgIpc) is 2.41. The second-order valence-electron chi connectivity index (χ2n) is 5.17. The Bertz CT molecular complexity index is 408. The van der Waals surface area contributed by atoms with Crippen LogP contribution in [0.5, 0.6) is 0 Å². The van der Waals surface area contributed by atoms with E-state index in [0.717, 1.165) is 31.7 Å². The molecule has 0 amide bonds. The van der Waals surface area contributed by atoms with E-state index < -0.39 is 0 Å². The van der Waals surface area contributed by atoms with E-state index in [1.54, 1.807) is 5.56 Å². The van der Waals surface area contributed by atoms with Crippen molar-refractivity contribution >= 4 is 5.69 Å². The summed E-state index contributed by atoms with van der Waals surface area (Å²) in [6, 6.07) is 4.35. The van der Waals surface area contributed by atoms with Crippen LogP contribution in [-0.4, -0.2) is 19.6 Å². The second-order valence-corrected chi connectivity index (χ2v) is 5.17. The van der Waals surface area contributed by atoms with Gasteiger partial charge in [-0.25, -0.2) is 0 Å². The molecule has 0 saturated carbocycles. The summed E-state index contributed by atoms with van der Waals surface area (Å²) in [5, 5.41) is 6.92. The molecular formula is C14H21N3. The third-order valence-corrected chi connectivity index (χ3v) is 4.09. The molecule has 1 aromatic carbocycles. The molecule has 0 radical (unpaired) electrons. The van der Waals surface area contributed by atoms with E-state index in [9.17, 15) is 0 Å². The minimum atomic E-state index is 0.691. The van der Waals surface area contributed by atoms with E-state index in [-0.39, 0.29) is 0 Å². The number of anilines is 1. The van der Waals surface area contributed by atoms with Crippen molar-refractivity contribution < 1.29 is 0 Å². The van der Waals surface area contributed by atoms with Crippen LogP contribution in [0, 0.1) is 0 Å². The summed E-state index contributed by atoms with van der Waals surface area (Å²) in [6.45, 7) is 4.33. The Morgan fingerprint density at radius 2 is 2.06 bits per heavy atom. The van der Waals surface area contributed by atoms with Crippen LogP contribution >= 0.6 is 0 Å². The minimum absolute atomic E-state index is 0.691. The van der Waals surface area contributed by atoms with Crippen LogP contribution in [0.4, 0.5) is 5.69 Å². The number of benzene rings is 1. The van der Waals surface area contributed by atoms with Gasteiger partial charge in [-0.2, -0.15) is 0 Å². The van der Waals surface area contributed by atoms with Crippen LogP contribution in [0.2, 0.25) is 0 Å². The molecule has 92 valence electrons. The van der Waals surface area contributed by atoms with E-state index in [1.807, 2.05) is 0 Å². The van der Waals surface area contributed by atoms with Gasteiger partial charge in [0, 0.05) is 18.8 Å². The topological polar surface area (TPSA) is 50.1 Å². The molecule has 3 heteroatoms. The first-order valence-corrected chi connectivity index (χ1v) is 6.68. The molecule has 4 N–H and O–H groups in total. The van der Waals surface area contributed by atoms with E-state index in [2.05, 4.69) is 22.8 Å². The molecule has 0 spiro atoms. The average molecular weight is 231 g/mol. The number of nitrogen functional groups attached to an aromatic ring is 1. The highest BCUT2D eigenvalue weighted by Gasteiger charge is 2.22. The first-order chi connectivity index (χ1) is 8.36. The fraction of sp³-hybridized carbons (Fsp3) is 0.571. The lowest BCUT2D eigenvalue weighted by atomic mass is 9.84. The molecule has 2 aliphatic rings. The number of hydrogen-bond acceptors (Lipinski definition) is 3. The van der Waals surface area contributed by atoms with Gasteiger partial charge in [0.05, 0.1) is 0 Å². The fourth-order valence-electron chi connectivity index (χ4n) is 3.16. The maximum atomic E-state index is 6.08. The predicted molar refractivity (Wildman–Crippen MR) is 71.1 cm³/mol. The number of rotatable bonds is 1. The number of hydrogen-bond donors (Lipinski definition) is 3. The Balaban J connectivity index is 1.98. The Labute approximate surface area is 103 Å². The smallest absolute Gasteiger partial charge is 0.0362 e. The largest absolute Gasteiger partial charge is 0.398 e. The standard InChI is InChI=1S/C14H21N3/c15-14-4-3-11(10-2-1-6-16-8-10)12-5-7-17-9-13(12)14/h3-4,10,16-17H,1-2,5-9,15H2. The third kappa shape index (κ3) is 2.05. The molecule has 0 aromatic heterocycles. The number of nitrogens with one attached hydrogen (secondary N) is 2. The maximum absolute atomic E-state index is 6.08. The molecule has 2 aliphatic heterocycles. The van der Waals surface area contributed by atoms with E-state index >= 15 is 0 Å². The maximum Gasteiger partial charge on any atom is 0.0362 e. The lowest BCUT2D eigenvalue weighted by Gasteiger charge is -2.29. The van der Waals surface area contributed by atoms with Crippen LogP contribution in [0.1, 0.15) is 35.4 Å². The number of fused-ring (bicyclic) bond motifs is 1. The summed E-state index contributed by atoms with van der Waals surface area (Å²) < 4.78 is 0. The van der Waals surface area contributed by atoms with E-state index in [4.69, 9.17) is 5.73 Å². The van der Waals surface area contributed by atoms with Crippen molar-refractivity contribution in [3.05, 3.63) is 28.8 Å². The molecule has 17 heavy (non-hydrogen) atoms. The molecule has 3 rings (SSSR count). The summed E-state index contributed by atoms with van der Waals surface area (Å²) in [5.74, 6) is 0.691.